The highest BCUT2D eigenvalue weighted by Gasteiger charge is 2.34. The number of rotatable bonds is 7. The molecule has 0 spiro atoms. The minimum Gasteiger partial charge on any atom is -0.461 e. The molecule has 3 N–H and O–H groups in total. The number of likely N-dealkylation sites (tertiary alicyclic amines) is 2. The Hall–Kier alpha value is -4.12. The zero-order valence-electron chi connectivity index (χ0n) is 26.1. The Bertz CT molecular complexity index is 1340. The van der Waals surface area contributed by atoms with Gasteiger partial charge in [-0.2, -0.15) is 5.10 Å². The molecule has 1 aromatic rings. The van der Waals surface area contributed by atoms with Crippen LogP contribution in [0.3, 0.4) is 0 Å². The molecule has 4 heterocycles. The third-order valence-electron chi connectivity index (χ3n) is 8.97. The van der Waals surface area contributed by atoms with Gasteiger partial charge in [0.1, 0.15) is 12.1 Å². The number of hydrazone groups is 1. The molecule has 4 aliphatic rings. The topological polar surface area (TPSA) is 119 Å². The summed E-state index contributed by atoms with van der Waals surface area (Å²) in [6, 6.07) is 6.68. The molecule has 0 aliphatic carbocycles. The number of hydrogen-bond acceptors (Lipinski definition) is 7. The second-order valence-corrected chi connectivity index (χ2v) is 12.0. The number of ether oxygens (including phenoxy) is 1. The maximum Gasteiger partial charge on any atom is 0.329 e. The van der Waals surface area contributed by atoms with E-state index >= 15 is 0 Å². The fraction of sp³-hybridized carbons (Fsp3) is 0.515. The third-order valence-corrected chi connectivity index (χ3v) is 8.97. The molecular formula is C33H45N7O4. The first-order valence-corrected chi connectivity index (χ1v) is 15.7. The summed E-state index contributed by atoms with van der Waals surface area (Å²) >= 11 is 0. The van der Waals surface area contributed by atoms with Gasteiger partial charge in [-0.05, 0) is 75.8 Å². The summed E-state index contributed by atoms with van der Waals surface area (Å²) in [5.41, 5.74) is 8.13. The summed E-state index contributed by atoms with van der Waals surface area (Å²) in [6.07, 6.45) is 11.6. The second kappa shape index (κ2) is 14.6. The van der Waals surface area contributed by atoms with E-state index in [4.69, 9.17) is 4.74 Å². The summed E-state index contributed by atoms with van der Waals surface area (Å²) in [5.74, 6) is -0.407. The van der Waals surface area contributed by atoms with Gasteiger partial charge in [-0.15, -0.1) is 0 Å². The fourth-order valence-electron chi connectivity index (χ4n) is 6.20. The summed E-state index contributed by atoms with van der Waals surface area (Å²) in [4.78, 5) is 45.4. The molecule has 44 heavy (non-hydrogen) atoms. The van der Waals surface area contributed by atoms with Gasteiger partial charge in [0.05, 0.1) is 5.70 Å². The Morgan fingerprint density at radius 3 is 2.64 bits per heavy atom. The molecule has 2 saturated heterocycles. The lowest BCUT2D eigenvalue weighted by Gasteiger charge is -2.40. The number of hydrogen-bond donors (Lipinski definition) is 3. The quantitative estimate of drug-likeness (QED) is 0.399. The van der Waals surface area contributed by atoms with E-state index in [2.05, 4.69) is 39.2 Å². The highest BCUT2D eigenvalue weighted by molar-refractivity contribution is 5.92. The molecule has 0 bridgehead atoms. The maximum atomic E-state index is 13.4. The average Bonchev–Trinajstić information content (AvgIpc) is 3.04. The van der Waals surface area contributed by atoms with E-state index in [1.807, 2.05) is 61.4 Å². The van der Waals surface area contributed by atoms with Gasteiger partial charge in [-0.25, -0.2) is 14.4 Å². The number of esters is 1. The Kier molecular flexibility index (Phi) is 10.4. The Balaban J connectivity index is 1.20. The van der Waals surface area contributed by atoms with Crippen LogP contribution in [0.25, 0.3) is 0 Å². The van der Waals surface area contributed by atoms with E-state index in [1.165, 1.54) is 0 Å². The van der Waals surface area contributed by atoms with Crippen LogP contribution >= 0.6 is 0 Å². The maximum absolute atomic E-state index is 13.4. The van der Waals surface area contributed by atoms with Gasteiger partial charge >= 0.3 is 18.0 Å². The van der Waals surface area contributed by atoms with Crippen LogP contribution < -0.4 is 16.1 Å². The van der Waals surface area contributed by atoms with Gasteiger partial charge in [0.15, 0.2) is 0 Å². The number of nitrogens with zero attached hydrogens (tertiary/aromatic N) is 4. The van der Waals surface area contributed by atoms with E-state index in [9.17, 15) is 14.4 Å². The smallest absolute Gasteiger partial charge is 0.329 e. The average molecular weight is 604 g/mol. The zero-order valence-corrected chi connectivity index (χ0v) is 26.1. The Morgan fingerprint density at radius 1 is 1.14 bits per heavy atom. The van der Waals surface area contributed by atoms with Gasteiger partial charge in [0.25, 0.3) is 0 Å². The number of amides is 4. The number of benzene rings is 1. The summed E-state index contributed by atoms with van der Waals surface area (Å²) in [6.45, 7) is 7.30. The molecule has 1 unspecified atom stereocenters. The minimum atomic E-state index is -0.808. The van der Waals surface area contributed by atoms with Crippen LogP contribution in [0.1, 0.15) is 57.9 Å². The van der Waals surface area contributed by atoms with Crippen molar-refractivity contribution in [1.29, 1.82) is 0 Å². The van der Waals surface area contributed by atoms with Crippen molar-refractivity contribution in [3.8, 4) is 0 Å². The normalized spacial score (nSPS) is 22.8. The molecule has 236 valence electrons. The van der Waals surface area contributed by atoms with Crippen molar-refractivity contribution >= 4 is 29.9 Å². The number of carbonyl (C=O) groups excluding carboxylic acids is 3. The van der Waals surface area contributed by atoms with Crippen molar-refractivity contribution in [2.75, 3.05) is 38.5 Å². The number of carbonyl (C=O) groups is 3. The fourth-order valence-corrected chi connectivity index (χ4v) is 6.20. The van der Waals surface area contributed by atoms with Crippen molar-refractivity contribution in [2.45, 2.75) is 77.1 Å². The molecule has 0 radical (unpaired) electrons. The first-order valence-electron chi connectivity index (χ1n) is 15.7. The van der Waals surface area contributed by atoms with E-state index in [0.717, 1.165) is 60.4 Å². The van der Waals surface area contributed by atoms with Crippen LogP contribution in [0.15, 0.2) is 64.4 Å². The molecule has 1 atom stereocenters. The van der Waals surface area contributed by atoms with Crippen molar-refractivity contribution in [3.05, 3.63) is 64.9 Å². The Labute approximate surface area is 260 Å². The van der Waals surface area contributed by atoms with Crippen molar-refractivity contribution < 1.29 is 19.1 Å². The van der Waals surface area contributed by atoms with Crippen molar-refractivity contribution in [1.82, 2.24) is 25.4 Å². The lowest BCUT2D eigenvalue weighted by atomic mass is 10.0. The van der Waals surface area contributed by atoms with Crippen molar-refractivity contribution in [2.24, 2.45) is 5.10 Å². The molecule has 2 fully saturated rings. The van der Waals surface area contributed by atoms with Gasteiger partial charge in [-0.1, -0.05) is 36.4 Å². The molecule has 5 rings (SSSR count). The van der Waals surface area contributed by atoms with Crippen molar-refractivity contribution in [3.63, 3.8) is 0 Å². The standard InChI is InChI=1S/C33H45N7O4/c1-4-24-12-17-34-37-30(24)23(2)8-7-11-29(31(41)44-27-15-18-38(3)19-16-27)36-32(42)39-20-13-26(14-21-39)40-22-25-9-5-6-10-28(25)35-33(40)43/h4-10,17,26-27,29,37H,11-16,18-22H2,1-3H3,(H,35,43)(H,36,42)/b8-7+,24-4-,30-23+. The number of anilines is 1. The van der Waals surface area contributed by atoms with Gasteiger partial charge in [-0.3, -0.25) is 5.43 Å². The molecular weight excluding hydrogens is 558 g/mol. The number of allylic oxidation sites excluding steroid dienone is 4. The van der Waals surface area contributed by atoms with Crippen LogP contribution in [0.2, 0.25) is 0 Å². The number of para-hydroxylation sites is 1. The first kappa shape index (κ1) is 31.3. The molecule has 4 amide bonds. The highest BCUT2D eigenvalue weighted by Crippen LogP contribution is 2.28. The molecule has 0 saturated carbocycles. The van der Waals surface area contributed by atoms with Crippen LogP contribution in [-0.2, 0) is 16.1 Å². The number of piperidine rings is 2. The van der Waals surface area contributed by atoms with E-state index in [-0.39, 0.29) is 24.2 Å². The zero-order chi connectivity index (χ0) is 31.1. The summed E-state index contributed by atoms with van der Waals surface area (Å²) in [7, 11) is 2.06. The molecule has 11 nitrogen and oxygen atoms in total. The van der Waals surface area contributed by atoms with Crippen LogP contribution in [-0.4, -0.2) is 90.4 Å². The third kappa shape index (κ3) is 7.68. The van der Waals surface area contributed by atoms with E-state index in [1.54, 1.807) is 4.90 Å². The van der Waals surface area contributed by atoms with Crippen LogP contribution in [0.4, 0.5) is 15.3 Å². The number of fused-ring (bicyclic) bond motifs is 1. The van der Waals surface area contributed by atoms with Gasteiger partial charge in [0.2, 0.25) is 0 Å². The minimum absolute atomic E-state index is 0.0383. The lowest BCUT2D eigenvalue weighted by Crippen LogP contribution is -2.54. The van der Waals surface area contributed by atoms with Gasteiger partial charge < -0.3 is 30.1 Å². The predicted octanol–water partition coefficient (Wildman–Crippen LogP) is 4.36. The molecule has 4 aliphatic heterocycles. The monoisotopic (exact) mass is 603 g/mol. The van der Waals surface area contributed by atoms with E-state index in [0.29, 0.717) is 38.9 Å². The van der Waals surface area contributed by atoms with Crippen LogP contribution in [0, 0.1) is 0 Å². The Morgan fingerprint density at radius 2 is 1.89 bits per heavy atom. The number of nitrogens with one attached hydrogen (secondary N) is 3. The summed E-state index contributed by atoms with van der Waals surface area (Å²) in [5, 5.41) is 10.1. The molecule has 1 aromatic carbocycles. The molecule has 0 aromatic heterocycles. The first-order chi connectivity index (χ1) is 21.3. The van der Waals surface area contributed by atoms with Crippen LogP contribution in [0.5, 0.6) is 0 Å². The largest absolute Gasteiger partial charge is 0.461 e. The number of urea groups is 2. The molecule has 11 heteroatoms. The highest BCUT2D eigenvalue weighted by atomic mass is 16.5. The van der Waals surface area contributed by atoms with E-state index < -0.39 is 12.0 Å². The van der Waals surface area contributed by atoms with Gasteiger partial charge in [0, 0.05) is 57.1 Å². The SMILES string of the molecule is C/C=C1/CC=NN/C1=C(C)/C=C/CC(NC(=O)N1CCC(N2Cc3ccccc3NC2=O)CC1)C(=O)OC1CCN(C)CC1. The summed E-state index contributed by atoms with van der Waals surface area (Å²) < 4.78 is 5.90. The second-order valence-electron chi connectivity index (χ2n) is 12.0. The lowest BCUT2D eigenvalue weighted by molar-refractivity contribution is -0.153. The predicted molar refractivity (Wildman–Crippen MR) is 171 cm³/mol.